The first-order chi connectivity index (χ1) is 25.7. The topological polar surface area (TPSA) is 170 Å². The molecule has 2 aliphatic heterocycles. The Morgan fingerprint density at radius 2 is 1.38 bits per heavy atom. The van der Waals surface area contributed by atoms with Crippen LogP contribution in [0, 0.1) is 5.92 Å². The number of amides is 4. The van der Waals surface area contributed by atoms with Crippen LogP contribution in [0.15, 0.2) is 65.9 Å². The van der Waals surface area contributed by atoms with Crippen LogP contribution in [0.25, 0.3) is 33.6 Å². The predicted octanol–water partition coefficient (Wildman–Crippen LogP) is 6.28. The van der Waals surface area contributed by atoms with Gasteiger partial charge in [-0.25, -0.2) is 35.0 Å². The summed E-state index contributed by atoms with van der Waals surface area (Å²) in [5.41, 5.74) is 8.31. The Balaban J connectivity index is 1.10. The number of hydrogen-bond acceptors (Lipinski definition) is 9. The van der Waals surface area contributed by atoms with E-state index in [0.29, 0.717) is 25.5 Å². The molecule has 2 aromatic heterocycles. The van der Waals surface area contributed by atoms with Crippen LogP contribution in [-0.4, -0.2) is 99.1 Å². The molecule has 0 unspecified atom stereocenters. The first kappa shape index (κ1) is 37.1. The van der Waals surface area contributed by atoms with Gasteiger partial charge in [0.2, 0.25) is 12.3 Å². The number of urea groups is 1. The zero-order valence-corrected chi connectivity index (χ0v) is 30.7. The molecule has 2 aromatic carbocycles. The minimum atomic E-state index is -0.693. The Morgan fingerprint density at radius 3 is 1.87 bits per heavy atom. The van der Waals surface area contributed by atoms with Crippen molar-refractivity contribution in [3.8, 4) is 33.6 Å². The number of rotatable bonds is 11. The second kappa shape index (κ2) is 16.8. The monoisotopic (exact) mass is 725 g/mol. The van der Waals surface area contributed by atoms with Crippen molar-refractivity contribution >= 4 is 24.4 Å². The van der Waals surface area contributed by atoms with Crippen molar-refractivity contribution in [3.63, 3.8) is 0 Å². The van der Waals surface area contributed by atoms with Gasteiger partial charge < -0.3 is 29.4 Å². The van der Waals surface area contributed by atoms with Crippen molar-refractivity contribution < 1.29 is 28.9 Å². The molecule has 3 atom stereocenters. The van der Waals surface area contributed by atoms with Crippen LogP contribution in [0.2, 0.25) is 0 Å². The highest BCUT2D eigenvalue weighted by Gasteiger charge is 2.37. The molecule has 4 aromatic rings. The summed E-state index contributed by atoms with van der Waals surface area (Å²) in [5.74, 6) is 1.40. The van der Waals surface area contributed by atoms with Crippen LogP contribution in [0.5, 0.6) is 0 Å². The van der Waals surface area contributed by atoms with Gasteiger partial charge in [0.25, 0.3) is 0 Å². The third-order valence-corrected chi connectivity index (χ3v) is 9.79. The summed E-state index contributed by atoms with van der Waals surface area (Å²) in [6, 6.07) is 15.3. The fraction of sp³-hybridized carbons (Fsp3) is 0.421. The highest BCUT2D eigenvalue weighted by Crippen LogP contribution is 2.35. The maximum atomic E-state index is 13.5. The van der Waals surface area contributed by atoms with Gasteiger partial charge in [-0.15, -0.1) is 0 Å². The van der Waals surface area contributed by atoms with Gasteiger partial charge in [-0.2, -0.15) is 4.89 Å². The predicted molar refractivity (Wildman–Crippen MR) is 198 cm³/mol. The number of nitrogens with one attached hydrogen (secondary N) is 3. The first-order valence-corrected chi connectivity index (χ1v) is 18.0. The molecule has 3 N–H and O–H groups in total. The van der Waals surface area contributed by atoms with Crippen molar-refractivity contribution in [1.29, 1.82) is 0 Å². The summed E-state index contributed by atoms with van der Waals surface area (Å²) >= 11 is 0. The number of aromatic nitrogens is 4. The molecule has 2 fully saturated rings. The van der Waals surface area contributed by atoms with Gasteiger partial charge in [0.05, 0.1) is 50.1 Å². The maximum absolute atomic E-state index is 13.5. The summed E-state index contributed by atoms with van der Waals surface area (Å²) in [5, 5.41) is 1.25. The number of imidazole rings is 2. The van der Waals surface area contributed by atoms with Gasteiger partial charge in [-0.3, -0.25) is 4.79 Å². The van der Waals surface area contributed by atoms with E-state index in [9.17, 15) is 14.4 Å². The van der Waals surface area contributed by atoms with Gasteiger partial charge in [0, 0.05) is 19.6 Å². The van der Waals surface area contributed by atoms with Crippen LogP contribution >= 0.6 is 0 Å². The number of benzene rings is 2. The molecule has 53 heavy (non-hydrogen) atoms. The molecule has 2 saturated heterocycles. The van der Waals surface area contributed by atoms with E-state index in [1.54, 1.807) is 18.0 Å². The van der Waals surface area contributed by atoms with Gasteiger partial charge in [-0.05, 0) is 60.8 Å². The largest absolute Gasteiger partial charge is 0.452 e. The van der Waals surface area contributed by atoms with E-state index in [-0.39, 0.29) is 29.9 Å². The van der Waals surface area contributed by atoms with Crippen molar-refractivity contribution in [1.82, 2.24) is 40.2 Å². The summed E-state index contributed by atoms with van der Waals surface area (Å²) in [7, 11) is 2.65. The minimum Gasteiger partial charge on any atom is -0.452 e. The van der Waals surface area contributed by atoms with Crippen LogP contribution < -0.4 is 5.43 Å². The van der Waals surface area contributed by atoms with E-state index in [0.717, 1.165) is 65.1 Å². The van der Waals surface area contributed by atoms with Crippen LogP contribution in [0.1, 0.15) is 70.2 Å². The zero-order chi connectivity index (χ0) is 37.5. The number of ether oxygens (including phenoxy) is 1. The van der Waals surface area contributed by atoms with Crippen LogP contribution in [-0.2, 0) is 19.3 Å². The molecule has 0 spiro atoms. The Hall–Kier alpha value is -5.70. The zero-order valence-electron chi connectivity index (χ0n) is 30.7. The summed E-state index contributed by atoms with van der Waals surface area (Å²) < 4.78 is 4.66. The molecule has 4 amide bonds. The molecule has 2 aliphatic rings. The number of carbonyl (C=O) groups excluding carboxylic acids is 3. The second-order valence-electron chi connectivity index (χ2n) is 13.4. The quantitative estimate of drug-likeness (QED) is 0.0702. The molecule has 15 nitrogen and oxygen atoms in total. The second-order valence-corrected chi connectivity index (χ2v) is 13.4. The molecular weight excluding hydrogens is 678 g/mol. The van der Waals surface area contributed by atoms with Crippen molar-refractivity contribution in [2.45, 2.75) is 64.6 Å². The number of hydrazine groups is 1. The third kappa shape index (κ3) is 8.19. The highest BCUT2D eigenvalue weighted by atomic mass is 17.2. The van der Waals surface area contributed by atoms with E-state index in [1.165, 1.54) is 25.6 Å². The number of H-pyrrole nitrogens is 2. The standard InChI is InChI=1S/C38H47N9O6/c1-6-47(44-37(49)51-4)38(50)46-20-8-10-32(46)35-40-22-30(43-35)28-17-13-26(14-18-28)25-11-15-27(16-12-25)29-21-39-34(42-29)31-9-7-19-45(31)36(48)33(24(2)3)41-23-53-52-5/h11-18,21-24,31-33H,6-10,19-20H2,1-5H3,(H,39,42)(H,40,43)(H,44,49)/b41-23+/t31-,32-,33-/m0/s1. The number of carbonyl (C=O) groups is 3. The number of likely N-dealkylation sites (tertiary alicyclic amines) is 2. The smallest absolute Gasteiger partial charge is 0.425 e. The molecule has 0 radical (unpaired) electrons. The van der Waals surface area contributed by atoms with E-state index in [4.69, 9.17) is 4.89 Å². The Bertz CT molecular complexity index is 1890. The van der Waals surface area contributed by atoms with E-state index < -0.39 is 12.1 Å². The summed E-state index contributed by atoms with van der Waals surface area (Å²) in [4.78, 5) is 72.0. The fourth-order valence-electron chi connectivity index (χ4n) is 6.98. The van der Waals surface area contributed by atoms with Crippen molar-refractivity contribution in [2.24, 2.45) is 10.9 Å². The lowest BCUT2D eigenvalue weighted by Gasteiger charge is -2.30. The van der Waals surface area contributed by atoms with Gasteiger partial charge in [-0.1, -0.05) is 62.4 Å². The lowest BCUT2D eigenvalue weighted by molar-refractivity contribution is -0.188. The number of aromatic amines is 2. The Labute approximate surface area is 308 Å². The normalized spacial score (nSPS) is 17.8. The van der Waals surface area contributed by atoms with Crippen molar-refractivity contribution in [2.75, 3.05) is 33.9 Å². The number of methoxy groups -OCH3 is 1. The lowest BCUT2D eigenvalue weighted by atomic mass is 10.0. The Morgan fingerprint density at radius 1 is 0.868 bits per heavy atom. The molecule has 0 saturated carbocycles. The van der Waals surface area contributed by atoms with E-state index in [2.05, 4.69) is 76.4 Å². The molecule has 0 bridgehead atoms. The molecule has 6 rings (SSSR count). The Kier molecular flexibility index (Phi) is 11.7. The number of nitrogens with zero attached hydrogens (tertiary/aromatic N) is 6. The number of aliphatic imine (C=N–C) groups is 1. The summed E-state index contributed by atoms with van der Waals surface area (Å²) in [6.45, 7) is 7.22. The maximum Gasteiger partial charge on any atom is 0.425 e. The van der Waals surface area contributed by atoms with Crippen molar-refractivity contribution in [3.05, 3.63) is 72.6 Å². The molecule has 15 heteroatoms. The third-order valence-electron chi connectivity index (χ3n) is 9.79. The average molecular weight is 726 g/mol. The average Bonchev–Trinajstić information content (AvgIpc) is 4.02. The molecule has 4 heterocycles. The fourth-order valence-corrected chi connectivity index (χ4v) is 6.98. The summed E-state index contributed by atoms with van der Waals surface area (Å²) in [6.07, 6.45) is 7.41. The molecule has 0 aliphatic carbocycles. The van der Waals surface area contributed by atoms with E-state index in [1.807, 2.05) is 37.1 Å². The number of hydrogen-bond donors (Lipinski definition) is 3. The van der Waals surface area contributed by atoms with Gasteiger partial charge in [0.15, 0.2) is 0 Å². The van der Waals surface area contributed by atoms with E-state index >= 15 is 0 Å². The molecule has 280 valence electrons. The minimum absolute atomic E-state index is 0.00961. The van der Waals surface area contributed by atoms with Gasteiger partial charge in [0.1, 0.15) is 17.7 Å². The first-order valence-electron chi connectivity index (χ1n) is 18.0. The molecular formula is C38H47N9O6. The van der Waals surface area contributed by atoms with Gasteiger partial charge >= 0.3 is 12.1 Å². The van der Waals surface area contributed by atoms with Crippen LogP contribution in [0.3, 0.4) is 0 Å². The highest BCUT2D eigenvalue weighted by molar-refractivity contribution is 5.84. The SMILES string of the molecule is CCN(NC(=O)OC)C(=O)N1CCC[C@H]1c1ncc(-c2ccc(-c3ccc(-c4cnc([C@@H]5CCCN5C(=O)[C@@H](/N=C/OOC)C(C)C)[nH]4)cc3)cc2)[nH]1. The van der Waals surface area contributed by atoms with Crippen LogP contribution in [0.4, 0.5) is 9.59 Å². The lowest BCUT2D eigenvalue weighted by Crippen LogP contribution is -2.51.